The number of rotatable bonds is 5. The summed E-state index contributed by atoms with van der Waals surface area (Å²) < 4.78 is 7.44. The number of hydrogen-bond acceptors (Lipinski definition) is 5. The summed E-state index contributed by atoms with van der Waals surface area (Å²) in [7, 11) is 0. The molecule has 0 saturated carbocycles. The van der Waals surface area contributed by atoms with E-state index in [1.807, 2.05) is 13.0 Å². The van der Waals surface area contributed by atoms with Crippen LogP contribution >= 0.6 is 0 Å². The van der Waals surface area contributed by atoms with E-state index in [2.05, 4.69) is 21.5 Å². The Bertz CT molecular complexity index is 1150. The predicted octanol–water partition coefficient (Wildman–Crippen LogP) is 1.90. The molecular formula is C21H23N3O4. The average Bonchev–Trinajstić information content (AvgIpc) is 3.38. The van der Waals surface area contributed by atoms with E-state index in [9.17, 15) is 4.79 Å². The van der Waals surface area contributed by atoms with Gasteiger partial charge in [-0.2, -0.15) is 0 Å². The molecule has 28 heavy (non-hydrogen) atoms. The molecule has 0 amide bonds. The van der Waals surface area contributed by atoms with Crippen LogP contribution in [0, 0.1) is 6.92 Å². The molecule has 3 heterocycles. The monoisotopic (exact) mass is 381 g/mol. The van der Waals surface area contributed by atoms with Crippen LogP contribution in [0.2, 0.25) is 0 Å². The van der Waals surface area contributed by atoms with E-state index in [0.717, 1.165) is 30.1 Å². The fraction of sp³-hybridized carbons (Fsp3) is 0.286. The number of aryl methyl sites for hydroxylation is 1. The molecule has 3 aromatic rings. The van der Waals surface area contributed by atoms with Gasteiger partial charge in [0.15, 0.2) is 5.88 Å². The minimum atomic E-state index is -0.219. The van der Waals surface area contributed by atoms with Gasteiger partial charge < -0.3 is 9.32 Å². The van der Waals surface area contributed by atoms with Crippen molar-refractivity contribution < 1.29 is 14.6 Å². The number of nitrogens with one attached hydrogen (secondary N) is 1. The molecule has 4 rings (SSSR count). The van der Waals surface area contributed by atoms with Crippen molar-refractivity contribution in [3.05, 3.63) is 68.1 Å². The second kappa shape index (κ2) is 7.53. The summed E-state index contributed by atoms with van der Waals surface area (Å²) >= 11 is 0. The number of anilines is 1. The number of aromatic amines is 1. The maximum atomic E-state index is 12.9. The molecular weight excluding hydrogens is 358 g/mol. The lowest BCUT2D eigenvalue weighted by atomic mass is 10.2. The lowest BCUT2D eigenvalue weighted by Gasteiger charge is -2.14. The van der Waals surface area contributed by atoms with Gasteiger partial charge in [0.2, 0.25) is 0 Å². The molecule has 0 atom stereocenters. The average molecular weight is 381 g/mol. The molecule has 1 aromatic carbocycles. The van der Waals surface area contributed by atoms with E-state index in [-0.39, 0.29) is 12.2 Å². The number of aromatic nitrogens is 2. The van der Waals surface area contributed by atoms with Gasteiger partial charge in [-0.25, -0.2) is 9.57 Å². The number of hydrogen-bond donors (Lipinski definition) is 2. The van der Waals surface area contributed by atoms with Crippen molar-refractivity contribution >= 4 is 18.5 Å². The highest BCUT2D eigenvalue weighted by Crippen LogP contribution is 2.27. The molecule has 7 heteroatoms. The molecule has 1 saturated heterocycles. The third-order valence-corrected chi connectivity index (χ3v) is 5.00. The van der Waals surface area contributed by atoms with E-state index in [1.165, 1.54) is 17.5 Å². The Hall–Kier alpha value is -3.03. The van der Waals surface area contributed by atoms with E-state index < -0.39 is 0 Å². The number of furan rings is 1. The fourth-order valence-corrected chi connectivity index (χ4v) is 3.63. The van der Waals surface area contributed by atoms with Crippen LogP contribution in [0.1, 0.15) is 29.7 Å². The molecule has 0 radical (unpaired) electrons. The molecule has 2 aromatic heterocycles. The first-order valence-electron chi connectivity index (χ1n) is 9.29. The third-order valence-electron chi connectivity index (χ3n) is 5.00. The Morgan fingerprint density at radius 2 is 2.11 bits per heavy atom. The van der Waals surface area contributed by atoms with Crippen LogP contribution in [0.4, 0.5) is 5.88 Å². The largest absolute Gasteiger partial charge is 0.441 e. The summed E-state index contributed by atoms with van der Waals surface area (Å²) in [5.41, 5.74) is 2.22. The normalized spacial score (nSPS) is 14.9. The van der Waals surface area contributed by atoms with Crippen molar-refractivity contribution in [2.75, 3.05) is 18.0 Å². The molecule has 0 spiro atoms. The van der Waals surface area contributed by atoms with Gasteiger partial charge in [-0.1, -0.05) is 18.7 Å². The molecule has 7 nitrogen and oxygen atoms in total. The van der Waals surface area contributed by atoms with Crippen LogP contribution in [-0.4, -0.2) is 28.1 Å². The van der Waals surface area contributed by atoms with Crippen molar-refractivity contribution in [1.82, 2.24) is 9.78 Å². The Morgan fingerprint density at radius 1 is 1.32 bits per heavy atom. The summed E-state index contributed by atoms with van der Waals surface area (Å²) in [6.45, 7) is 8.03. The van der Waals surface area contributed by atoms with E-state index in [1.54, 1.807) is 30.3 Å². The van der Waals surface area contributed by atoms with Gasteiger partial charge >= 0.3 is 0 Å². The van der Waals surface area contributed by atoms with Gasteiger partial charge in [-0.15, -0.1) is 0 Å². The van der Waals surface area contributed by atoms with Crippen LogP contribution in [0.15, 0.2) is 39.5 Å². The molecule has 1 aliphatic heterocycles. The van der Waals surface area contributed by atoms with Crippen LogP contribution < -0.4 is 21.0 Å². The Kier molecular flexibility index (Phi) is 4.93. The maximum absolute atomic E-state index is 12.9. The Labute approximate surface area is 161 Å². The number of nitrogens with zero attached hydrogens (tertiary/aromatic N) is 2. The molecule has 0 unspecified atom stereocenters. The van der Waals surface area contributed by atoms with Gasteiger partial charge in [0.25, 0.3) is 5.56 Å². The SMILES string of the molecule is C=c1[nH]n(-c2cccc(COO)c2)c(=O)c1=Cc1cc(C)c(N2CCCC2)o1. The van der Waals surface area contributed by atoms with Crippen LogP contribution in [0.25, 0.3) is 18.3 Å². The van der Waals surface area contributed by atoms with Crippen LogP contribution in [0.3, 0.4) is 0 Å². The summed E-state index contributed by atoms with van der Waals surface area (Å²) in [6.07, 6.45) is 4.07. The van der Waals surface area contributed by atoms with Crippen LogP contribution in [0.5, 0.6) is 0 Å². The van der Waals surface area contributed by atoms with E-state index in [4.69, 9.17) is 9.67 Å². The standard InChI is InChI=1S/C21H23N3O4/c1-14-10-18(28-21(14)23-8-3-4-9-23)12-19-15(2)22-24(20(19)25)17-7-5-6-16(11-17)13-27-26/h5-7,10-12,22,26H,2-4,8-9,13H2,1H3. The zero-order valence-corrected chi connectivity index (χ0v) is 15.8. The second-order valence-corrected chi connectivity index (χ2v) is 7.06. The van der Waals surface area contributed by atoms with Crippen LogP contribution in [-0.2, 0) is 11.5 Å². The molecule has 2 N–H and O–H groups in total. The first-order valence-corrected chi connectivity index (χ1v) is 9.29. The van der Waals surface area contributed by atoms with Gasteiger partial charge in [0.05, 0.1) is 16.3 Å². The van der Waals surface area contributed by atoms with Crippen molar-refractivity contribution in [1.29, 1.82) is 0 Å². The van der Waals surface area contributed by atoms with Crippen molar-refractivity contribution in [3.63, 3.8) is 0 Å². The summed E-state index contributed by atoms with van der Waals surface area (Å²) in [6, 6.07) is 9.10. The lowest BCUT2D eigenvalue weighted by molar-refractivity contribution is -0.253. The summed E-state index contributed by atoms with van der Waals surface area (Å²) in [5.74, 6) is 1.51. The quantitative estimate of drug-likeness (QED) is 0.521. The second-order valence-electron chi connectivity index (χ2n) is 7.06. The highest BCUT2D eigenvalue weighted by Gasteiger charge is 2.18. The molecule has 1 fully saturated rings. The predicted molar refractivity (Wildman–Crippen MR) is 107 cm³/mol. The van der Waals surface area contributed by atoms with Crippen molar-refractivity contribution in [2.24, 2.45) is 0 Å². The zero-order valence-electron chi connectivity index (χ0n) is 15.8. The minimum Gasteiger partial charge on any atom is -0.441 e. The van der Waals surface area contributed by atoms with Crippen molar-refractivity contribution in [2.45, 2.75) is 26.4 Å². The topological polar surface area (TPSA) is 83.6 Å². The highest BCUT2D eigenvalue weighted by atomic mass is 17.1. The summed E-state index contributed by atoms with van der Waals surface area (Å²) in [5, 5.41) is 12.6. The first-order chi connectivity index (χ1) is 13.6. The highest BCUT2D eigenvalue weighted by molar-refractivity contribution is 5.54. The number of benzene rings is 1. The summed E-state index contributed by atoms with van der Waals surface area (Å²) in [4.78, 5) is 19.4. The van der Waals surface area contributed by atoms with E-state index >= 15 is 0 Å². The lowest BCUT2D eigenvalue weighted by Crippen LogP contribution is -2.33. The number of H-pyrrole nitrogens is 1. The first kappa shape index (κ1) is 18.3. The zero-order chi connectivity index (χ0) is 19.7. The van der Waals surface area contributed by atoms with Gasteiger partial charge in [-0.05, 0) is 49.6 Å². The molecule has 0 bridgehead atoms. The molecule has 1 aliphatic rings. The Morgan fingerprint density at radius 3 is 2.86 bits per heavy atom. The minimum absolute atomic E-state index is 0.0461. The third kappa shape index (κ3) is 3.42. The van der Waals surface area contributed by atoms with Gasteiger partial charge in [0.1, 0.15) is 12.4 Å². The van der Waals surface area contributed by atoms with E-state index in [0.29, 0.717) is 22.0 Å². The van der Waals surface area contributed by atoms with Crippen molar-refractivity contribution in [3.8, 4) is 5.69 Å². The van der Waals surface area contributed by atoms with Gasteiger partial charge in [-0.3, -0.25) is 15.2 Å². The molecule has 146 valence electrons. The Balaban J connectivity index is 1.74. The fourth-order valence-electron chi connectivity index (χ4n) is 3.63. The smallest absolute Gasteiger partial charge is 0.279 e. The maximum Gasteiger partial charge on any atom is 0.279 e. The van der Waals surface area contributed by atoms with Gasteiger partial charge in [0, 0.05) is 18.7 Å². The molecule has 0 aliphatic carbocycles.